The summed E-state index contributed by atoms with van der Waals surface area (Å²) in [5.41, 5.74) is 3.20. The number of carbonyl (C=O) groups excluding carboxylic acids is 1. The van der Waals surface area contributed by atoms with Crippen LogP contribution in [0.15, 0.2) is 24.3 Å². The van der Waals surface area contributed by atoms with E-state index in [0.717, 1.165) is 67.4 Å². The van der Waals surface area contributed by atoms with Crippen LogP contribution in [0.25, 0.3) is 0 Å². The number of piperazine rings is 1. The molecule has 1 N–H and O–H groups in total. The van der Waals surface area contributed by atoms with E-state index in [2.05, 4.69) is 48.0 Å². The molecule has 0 saturated carbocycles. The number of thiophene rings is 1. The van der Waals surface area contributed by atoms with Crippen LogP contribution >= 0.6 is 11.3 Å². The number of fused-ring (bicyclic) bond motifs is 1. The van der Waals surface area contributed by atoms with Crippen LogP contribution in [0.1, 0.15) is 50.1 Å². The van der Waals surface area contributed by atoms with Crippen molar-refractivity contribution in [1.29, 1.82) is 5.26 Å². The molecule has 182 valence electrons. The second-order valence-electron chi connectivity index (χ2n) is 10.3. The minimum atomic E-state index is -0.0364. The fourth-order valence-corrected chi connectivity index (χ4v) is 6.34. The fourth-order valence-electron chi connectivity index (χ4n) is 5.04. The molecule has 1 fully saturated rings. The van der Waals surface area contributed by atoms with Gasteiger partial charge >= 0.3 is 0 Å². The number of amides is 1. The first-order valence-electron chi connectivity index (χ1n) is 12.3. The van der Waals surface area contributed by atoms with Crippen LogP contribution in [0, 0.1) is 22.7 Å². The van der Waals surface area contributed by atoms with Crippen LogP contribution in [0.5, 0.6) is 5.75 Å². The minimum Gasteiger partial charge on any atom is -0.492 e. The molecule has 7 heteroatoms. The number of benzene rings is 1. The first-order chi connectivity index (χ1) is 16.3. The standard InChI is InChI=1S/C27H36N4O2S/c1-5-33-23-9-7-6-8-22(23)31-14-12-30(13-15-31)18-25(32)29-26-21(17-28)20-11-10-19(27(2,3)4)16-24(20)34-26/h6-9,19H,5,10-16,18H2,1-4H3,(H,29,32). The van der Waals surface area contributed by atoms with Crippen molar-refractivity contribution in [3.8, 4) is 11.8 Å². The zero-order valence-corrected chi connectivity index (χ0v) is 21.6. The van der Waals surface area contributed by atoms with Crippen molar-refractivity contribution in [1.82, 2.24) is 4.90 Å². The highest BCUT2D eigenvalue weighted by Crippen LogP contribution is 2.44. The molecular formula is C27H36N4O2S. The van der Waals surface area contributed by atoms with Gasteiger partial charge in [0.05, 0.1) is 24.4 Å². The van der Waals surface area contributed by atoms with Crippen molar-refractivity contribution in [2.45, 2.75) is 47.0 Å². The topological polar surface area (TPSA) is 68.6 Å². The Kier molecular flexibility index (Phi) is 7.49. The van der Waals surface area contributed by atoms with Crippen LogP contribution in [0.3, 0.4) is 0 Å². The van der Waals surface area contributed by atoms with E-state index < -0.39 is 0 Å². The lowest BCUT2D eigenvalue weighted by atomic mass is 9.72. The highest BCUT2D eigenvalue weighted by atomic mass is 32.1. The molecule has 2 aliphatic rings. The molecule has 6 nitrogen and oxygen atoms in total. The molecule has 4 rings (SSSR count). The van der Waals surface area contributed by atoms with Gasteiger partial charge in [-0.15, -0.1) is 11.3 Å². The molecule has 2 heterocycles. The highest BCUT2D eigenvalue weighted by Gasteiger charge is 2.32. The maximum atomic E-state index is 12.9. The largest absolute Gasteiger partial charge is 0.492 e. The number of ether oxygens (including phenoxy) is 1. The molecule has 2 aromatic rings. The Labute approximate surface area is 207 Å². The molecule has 1 saturated heterocycles. The third-order valence-electron chi connectivity index (χ3n) is 7.10. The second kappa shape index (κ2) is 10.4. The molecular weight excluding hydrogens is 444 g/mol. The number of anilines is 2. The molecule has 0 spiro atoms. The maximum Gasteiger partial charge on any atom is 0.239 e. The lowest BCUT2D eigenvalue weighted by Crippen LogP contribution is -2.48. The van der Waals surface area contributed by atoms with Gasteiger partial charge in [0, 0.05) is 31.1 Å². The summed E-state index contributed by atoms with van der Waals surface area (Å²) in [7, 11) is 0. The number of hydrogen-bond acceptors (Lipinski definition) is 6. The van der Waals surface area contributed by atoms with Gasteiger partial charge in [-0.1, -0.05) is 32.9 Å². The van der Waals surface area contributed by atoms with Crippen LogP contribution in [0.4, 0.5) is 10.7 Å². The first-order valence-corrected chi connectivity index (χ1v) is 13.2. The van der Waals surface area contributed by atoms with Crippen LogP contribution in [0.2, 0.25) is 0 Å². The van der Waals surface area contributed by atoms with Crippen molar-refractivity contribution in [3.63, 3.8) is 0 Å². The van der Waals surface area contributed by atoms with E-state index in [4.69, 9.17) is 4.74 Å². The molecule has 0 bridgehead atoms. The summed E-state index contributed by atoms with van der Waals surface area (Å²) in [6, 6.07) is 10.5. The lowest BCUT2D eigenvalue weighted by Gasteiger charge is -2.36. The van der Waals surface area contributed by atoms with E-state index >= 15 is 0 Å². The quantitative estimate of drug-likeness (QED) is 0.635. The van der Waals surface area contributed by atoms with E-state index in [1.165, 1.54) is 4.88 Å². The van der Waals surface area contributed by atoms with Gasteiger partial charge in [0.1, 0.15) is 16.8 Å². The molecule has 1 aliphatic carbocycles. The fraction of sp³-hybridized carbons (Fsp3) is 0.556. The van der Waals surface area contributed by atoms with Gasteiger partial charge in [-0.05, 0) is 55.2 Å². The molecule has 1 amide bonds. The second-order valence-corrected chi connectivity index (χ2v) is 11.4. The summed E-state index contributed by atoms with van der Waals surface area (Å²) < 4.78 is 5.78. The molecule has 1 atom stereocenters. The Morgan fingerprint density at radius 2 is 1.97 bits per heavy atom. The van der Waals surface area contributed by atoms with E-state index in [1.54, 1.807) is 11.3 Å². The normalized spacial score (nSPS) is 18.8. The SMILES string of the molecule is CCOc1ccccc1N1CCN(CC(=O)Nc2sc3c(c2C#N)CCC(C(C)(C)C)C3)CC1. The van der Waals surface area contributed by atoms with Crippen molar-refractivity contribution < 1.29 is 9.53 Å². The predicted molar refractivity (Wildman–Crippen MR) is 139 cm³/mol. The Morgan fingerprint density at radius 3 is 2.65 bits per heavy atom. The van der Waals surface area contributed by atoms with Gasteiger partial charge in [0.25, 0.3) is 0 Å². The molecule has 0 radical (unpaired) electrons. The van der Waals surface area contributed by atoms with Gasteiger partial charge in [0.2, 0.25) is 5.91 Å². The Balaban J connectivity index is 1.35. The van der Waals surface area contributed by atoms with Gasteiger partial charge in [0.15, 0.2) is 0 Å². The van der Waals surface area contributed by atoms with Crippen LogP contribution in [-0.4, -0.2) is 50.1 Å². The Hall–Kier alpha value is -2.56. The maximum absolute atomic E-state index is 12.9. The molecule has 1 unspecified atom stereocenters. The number of nitriles is 1. The summed E-state index contributed by atoms with van der Waals surface area (Å²) >= 11 is 1.61. The minimum absolute atomic E-state index is 0.0364. The summed E-state index contributed by atoms with van der Waals surface area (Å²) in [5, 5.41) is 13.6. The summed E-state index contributed by atoms with van der Waals surface area (Å²) in [4.78, 5) is 18.7. The highest BCUT2D eigenvalue weighted by molar-refractivity contribution is 7.16. The van der Waals surface area contributed by atoms with Crippen molar-refractivity contribution in [3.05, 3.63) is 40.3 Å². The number of para-hydroxylation sites is 2. The van der Waals surface area contributed by atoms with Crippen molar-refractivity contribution >= 4 is 27.9 Å². The van der Waals surface area contributed by atoms with Crippen LogP contribution in [-0.2, 0) is 17.6 Å². The van der Waals surface area contributed by atoms with Gasteiger partial charge in [-0.2, -0.15) is 5.26 Å². The van der Waals surface area contributed by atoms with E-state index in [-0.39, 0.29) is 11.3 Å². The third-order valence-corrected chi connectivity index (χ3v) is 8.27. The number of carbonyl (C=O) groups is 1. The zero-order chi connectivity index (χ0) is 24.3. The summed E-state index contributed by atoms with van der Waals surface area (Å²) in [5.74, 6) is 1.49. The number of nitrogens with zero attached hydrogens (tertiary/aromatic N) is 3. The summed E-state index contributed by atoms with van der Waals surface area (Å²) in [6.45, 7) is 13.2. The first kappa shape index (κ1) is 24.6. The van der Waals surface area contributed by atoms with Gasteiger partial charge < -0.3 is 15.0 Å². The van der Waals surface area contributed by atoms with Crippen molar-refractivity contribution in [2.24, 2.45) is 11.3 Å². The summed E-state index contributed by atoms with van der Waals surface area (Å²) in [6.07, 6.45) is 3.03. The molecule has 34 heavy (non-hydrogen) atoms. The van der Waals surface area contributed by atoms with Gasteiger partial charge in [-0.3, -0.25) is 9.69 Å². The Morgan fingerprint density at radius 1 is 1.24 bits per heavy atom. The van der Waals surface area contributed by atoms with E-state index in [1.807, 2.05) is 25.1 Å². The number of nitrogens with one attached hydrogen (secondary N) is 1. The number of rotatable bonds is 6. The monoisotopic (exact) mass is 480 g/mol. The molecule has 1 aromatic heterocycles. The molecule has 1 aliphatic heterocycles. The van der Waals surface area contributed by atoms with E-state index in [0.29, 0.717) is 24.6 Å². The zero-order valence-electron chi connectivity index (χ0n) is 20.8. The van der Waals surface area contributed by atoms with E-state index in [9.17, 15) is 10.1 Å². The third kappa shape index (κ3) is 5.39. The molecule has 1 aromatic carbocycles. The van der Waals surface area contributed by atoms with Crippen molar-refractivity contribution in [2.75, 3.05) is 49.5 Å². The average molecular weight is 481 g/mol. The lowest BCUT2D eigenvalue weighted by molar-refractivity contribution is -0.117. The smallest absolute Gasteiger partial charge is 0.239 e. The average Bonchev–Trinajstić information content (AvgIpc) is 3.15. The predicted octanol–water partition coefficient (Wildman–Crippen LogP) is 4.93. The number of hydrogen-bond donors (Lipinski definition) is 1. The van der Waals surface area contributed by atoms with Crippen LogP contribution < -0.4 is 15.0 Å². The van der Waals surface area contributed by atoms with Gasteiger partial charge in [-0.25, -0.2) is 0 Å². The Bertz CT molecular complexity index is 1060.